The summed E-state index contributed by atoms with van der Waals surface area (Å²) in [6, 6.07) is 14.2. The van der Waals surface area contributed by atoms with E-state index >= 15 is 0 Å². The van der Waals surface area contributed by atoms with Gasteiger partial charge < -0.3 is 19.5 Å². The van der Waals surface area contributed by atoms with Crippen LogP contribution in [0.4, 0.5) is 0 Å². The van der Waals surface area contributed by atoms with Gasteiger partial charge in [-0.05, 0) is 38.0 Å². The molecule has 0 radical (unpaired) electrons. The molecule has 148 valence electrons. The lowest BCUT2D eigenvalue weighted by Crippen LogP contribution is -2.33. The number of nitrogens with one attached hydrogen (secondary N) is 1. The number of carbonyl (C=O) groups excluding carboxylic acids is 2. The predicted octanol–water partition coefficient (Wildman–Crippen LogP) is 3.41. The summed E-state index contributed by atoms with van der Waals surface area (Å²) in [7, 11) is 1.57. The molecule has 1 N–H and O–H groups in total. The quantitative estimate of drug-likeness (QED) is 0.672. The van der Waals surface area contributed by atoms with Crippen LogP contribution in [-0.4, -0.2) is 31.6 Å². The fourth-order valence-corrected chi connectivity index (χ4v) is 2.81. The van der Waals surface area contributed by atoms with E-state index in [4.69, 9.17) is 14.2 Å². The molecule has 0 saturated heterocycles. The van der Waals surface area contributed by atoms with Crippen molar-refractivity contribution in [2.75, 3.05) is 13.7 Å². The van der Waals surface area contributed by atoms with Gasteiger partial charge in [-0.25, -0.2) is 4.79 Å². The molecule has 2 aromatic rings. The predicted molar refractivity (Wildman–Crippen MR) is 104 cm³/mol. The Kier molecular flexibility index (Phi) is 6.66. The van der Waals surface area contributed by atoms with Crippen molar-refractivity contribution in [2.45, 2.75) is 38.5 Å². The first-order valence-corrected chi connectivity index (χ1v) is 9.43. The third-order valence-electron chi connectivity index (χ3n) is 4.47. The zero-order chi connectivity index (χ0) is 19.9. The molecule has 6 heteroatoms. The minimum Gasteiger partial charge on any atom is -0.496 e. The number of hydrogen-bond donors (Lipinski definition) is 1. The molecule has 0 aliphatic heterocycles. The molecule has 1 aliphatic carbocycles. The van der Waals surface area contributed by atoms with Crippen molar-refractivity contribution in [2.24, 2.45) is 0 Å². The number of rotatable bonds is 9. The van der Waals surface area contributed by atoms with Crippen molar-refractivity contribution in [3.63, 3.8) is 0 Å². The molecule has 0 unspecified atom stereocenters. The maximum Gasteiger partial charge on any atom is 0.339 e. The number of hydrogen-bond acceptors (Lipinski definition) is 5. The molecule has 1 aliphatic rings. The molecular weight excluding hydrogens is 358 g/mol. The molecule has 28 heavy (non-hydrogen) atoms. The van der Waals surface area contributed by atoms with Gasteiger partial charge in [0, 0.05) is 23.8 Å². The molecule has 0 bridgehead atoms. The smallest absolute Gasteiger partial charge is 0.339 e. The van der Waals surface area contributed by atoms with Crippen LogP contribution >= 0.6 is 0 Å². The van der Waals surface area contributed by atoms with Gasteiger partial charge in [-0.1, -0.05) is 30.3 Å². The maximum atomic E-state index is 12.8. The Morgan fingerprint density at radius 2 is 1.89 bits per heavy atom. The number of carbonyl (C=O) groups is 2. The van der Waals surface area contributed by atoms with Gasteiger partial charge in [0.05, 0.1) is 19.3 Å². The first kappa shape index (κ1) is 19.9. The number of amides is 1. The van der Waals surface area contributed by atoms with Gasteiger partial charge >= 0.3 is 5.97 Å². The standard InChI is InChI=1S/C22H25NO5/c1-3-27-14-17-13-16(9-12-19(17)26-2)22(25)28-20(15-7-5-4-6-8-15)21(24)23-18-10-11-18/h4-9,12-13,18,20H,3,10-11,14H2,1-2H3,(H,23,24)/t20-/m0/s1. The van der Waals surface area contributed by atoms with E-state index in [-0.39, 0.29) is 11.9 Å². The second kappa shape index (κ2) is 9.37. The fraction of sp³-hybridized carbons (Fsp3) is 0.364. The Morgan fingerprint density at radius 1 is 1.14 bits per heavy atom. The van der Waals surface area contributed by atoms with Crippen LogP contribution in [-0.2, 0) is 20.9 Å². The molecule has 0 heterocycles. The van der Waals surface area contributed by atoms with Crippen LogP contribution in [0.1, 0.15) is 47.4 Å². The molecule has 2 aromatic carbocycles. The minimum atomic E-state index is -0.994. The largest absolute Gasteiger partial charge is 0.496 e. The highest BCUT2D eigenvalue weighted by atomic mass is 16.5. The van der Waals surface area contributed by atoms with Crippen molar-refractivity contribution in [1.82, 2.24) is 5.32 Å². The summed E-state index contributed by atoms with van der Waals surface area (Å²) in [5.41, 5.74) is 1.73. The average molecular weight is 383 g/mol. The van der Waals surface area contributed by atoms with Crippen LogP contribution in [0.25, 0.3) is 0 Å². The molecule has 0 spiro atoms. The van der Waals surface area contributed by atoms with Crippen molar-refractivity contribution < 1.29 is 23.8 Å². The third kappa shape index (κ3) is 5.10. The minimum absolute atomic E-state index is 0.177. The molecule has 1 atom stereocenters. The summed E-state index contributed by atoms with van der Waals surface area (Å²) in [6.07, 6.45) is 0.924. The van der Waals surface area contributed by atoms with Gasteiger partial charge in [-0.3, -0.25) is 4.79 Å². The summed E-state index contributed by atoms with van der Waals surface area (Å²) in [5.74, 6) is -0.235. The summed E-state index contributed by atoms with van der Waals surface area (Å²) >= 11 is 0. The number of ether oxygens (including phenoxy) is 3. The van der Waals surface area contributed by atoms with Crippen LogP contribution in [0, 0.1) is 0 Å². The summed E-state index contributed by atoms with van der Waals surface area (Å²) in [4.78, 5) is 25.4. The number of benzene rings is 2. The van der Waals surface area contributed by atoms with Gasteiger partial charge in [0.15, 0.2) is 0 Å². The summed E-state index contributed by atoms with van der Waals surface area (Å²) in [6.45, 7) is 2.77. The lowest BCUT2D eigenvalue weighted by atomic mass is 10.1. The van der Waals surface area contributed by atoms with Crippen LogP contribution in [0.15, 0.2) is 48.5 Å². The van der Waals surface area contributed by atoms with E-state index in [1.807, 2.05) is 25.1 Å². The van der Waals surface area contributed by atoms with E-state index in [0.717, 1.165) is 18.4 Å². The average Bonchev–Trinajstić information content (AvgIpc) is 3.54. The highest BCUT2D eigenvalue weighted by molar-refractivity contribution is 5.93. The number of esters is 1. The normalized spacial score (nSPS) is 14.2. The fourth-order valence-electron chi connectivity index (χ4n) is 2.81. The zero-order valence-electron chi connectivity index (χ0n) is 16.1. The lowest BCUT2D eigenvalue weighted by Gasteiger charge is -2.18. The Morgan fingerprint density at radius 3 is 2.54 bits per heavy atom. The molecule has 3 rings (SSSR count). The van der Waals surface area contributed by atoms with Gasteiger partial charge in [0.2, 0.25) is 6.10 Å². The zero-order valence-corrected chi connectivity index (χ0v) is 16.1. The Labute approximate surface area is 164 Å². The Bertz CT molecular complexity index is 817. The SMILES string of the molecule is CCOCc1cc(C(=O)O[C@H](C(=O)NC2CC2)c2ccccc2)ccc1OC. The van der Waals surface area contributed by atoms with E-state index in [1.54, 1.807) is 37.4 Å². The van der Waals surface area contributed by atoms with E-state index in [0.29, 0.717) is 30.1 Å². The van der Waals surface area contributed by atoms with E-state index < -0.39 is 12.1 Å². The molecular formula is C22H25NO5. The summed E-state index contributed by atoms with van der Waals surface area (Å²) < 4.78 is 16.4. The van der Waals surface area contributed by atoms with Gasteiger partial charge in [-0.15, -0.1) is 0 Å². The van der Waals surface area contributed by atoms with Crippen LogP contribution < -0.4 is 10.1 Å². The van der Waals surface area contributed by atoms with Gasteiger partial charge in [0.25, 0.3) is 5.91 Å². The van der Waals surface area contributed by atoms with Crippen molar-refractivity contribution in [3.05, 3.63) is 65.2 Å². The molecule has 1 fully saturated rings. The van der Waals surface area contributed by atoms with Gasteiger partial charge in [-0.2, -0.15) is 0 Å². The van der Waals surface area contributed by atoms with Crippen molar-refractivity contribution >= 4 is 11.9 Å². The first-order chi connectivity index (χ1) is 13.6. The van der Waals surface area contributed by atoms with Crippen molar-refractivity contribution in [1.29, 1.82) is 0 Å². The van der Waals surface area contributed by atoms with Crippen LogP contribution in [0.3, 0.4) is 0 Å². The van der Waals surface area contributed by atoms with Crippen LogP contribution in [0.5, 0.6) is 5.75 Å². The van der Waals surface area contributed by atoms with E-state index in [1.165, 1.54) is 0 Å². The number of methoxy groups -OCH3 is 1. The van der Waals surface area contributed by atoms with Gasteiger partial charge in [0.1, 0.15) is 5.75 Å². The Balaban J connectivity index is 1.80. The molecule has 6 nitrogen and oxygen atoms in total. The molecule has 1 saturated carbocycles. The van der Waals surface area contributed by atoms with Crippen LogP contribution in [0.2, 0.25) is 0 Å². The van der Waals surface area contributed by atoms with E-state index in [9.17, 15) is 9.59 Å². The molecule has 1 amide bonds. The highest BCUT2D eigenvalue weighted by Gasteiger charge is 2.31. The first-order valence-electron chi connectivity index (χ1n) is 9.43. The monoisotopic (exact) mass is 383 g/mol. The third-order valence-corrected chi connectivity index (χ3v) is 4.47. The summed E-state index contributed by atoms with van der Waals surface area (Å²) in [5, 5.41) is 2.91. The van der Waals surface area contributed by atoms with E-state index in [2.05, 4.69) is 5.32 Å². The Hall–Kier alpha value is -2.86. The topological polar surface area (TPSA) is 73.9 Å². The molecule has 0 aromatic heterocycles. The lowest BCUT2D eigenvalue weighted by molar-refractivity contribution is -0.130. The van der Waals surface area contributed by atoms with Crippen molar-refractivity contribution in [3.8, 4) is 5.75 Å². The second-order valence-electron chi connectivity index (χ2n) is 6.64. The highest BCUT2D eigenvalue weighted by Crippen LogP contribution is 2.26. The maximum absolute atomic E-state index is 12.8. The second-order valence-corrected chi connectivity index (χ2v) is 6.64.